The van der Waals surface area contributed by atoms with Gasteiger partial charge in [-0.1, -0.05) is 38.0 Å². The summed E-state index contributed by atoms with van der Waals surface area (Å²) in [7, 11) is 0. The second-order valence-corrected chi connectivity index (χ2v) is 4.38. The lowest BCUT2D eigenvalue weighted by Crippen LogP contribution is -2.07. The fraction of sp³-hybridized carbons (Fsp3) is 0.545. The van der Waals surface area contributed by atoms with E-state index >= 15 is 0 Å². The Morgan fingerprint density at radius 3 is 1.82 bits per heavy atom. The van der Waals surface area contributed by atoms with Crippen LogP contribution in [0.25, 0.3) is 0 Å². The third kappa shape index (κ3) is 1.74. The first-order valence-electron chi connectivity index (χ1n) is 4.15. The largest absolute Gasteiger partial charge is 0.0649 e. The summed E-state index contributed by atoms with van der Waals surface area (Å²) in [6, 6.07) is 0. The van der Waals surface area contributed by atoms with E-state index in [1.54, 1.807) is 0 Å². The van der Waals surface area contributed by atoms with E-state index in [0.29, 0.717) is 5.41 Å². The lowest BCUT2D eigenvalue weighted by molar-refractivity contribution is 0.514. The van der Waals surface area contributed by atoms with E-state index in [1.807, 2.05) is 0 Å². The summed E-state index contributed by atoms with van der Waals surface area (Å²) in [5.41, 5.74) is 4.59. The van der Waals surface area contributed by atoms with Gasteiger partial charge in [0.25, 0.3) is 0 Å². The zero-order valence-electron chi connectivity index (χ0n) is 8.15. The van der Waals surface area contributed by atoms with Crippen LogP contribution in [-0.4, -0.2) is 0 Å². The smallest absolute Gasteiger partial charge is 0.0114 e. The van der Waals surface area contributed by atoms with Crippen LogP contribution in [0.3, 0.4) is 0 Å². The van der Waals surface area contributed by atoms with Crippen LogP contribution in [0.1, 0.15) is 34.6 Å². The Morgan fingerprint density at radius 1 is 1.09 bits per heavy atom. The van der Waals surface area contributed by atoms with Gasteiger partial charge < -0.3 is 0 Å². The molecule has 0 spiro atoms. The van der Waals surface area contributed by atoms with Gasteiger partial charge in [-0.05, 0) is 24.8 Å². The zero-order valence-corrected chi connectivity index (χ0v) is 8.15. The minimum Gasteiger partial charge on any atom is -0.0649 e. The van der Waals surface area contributed by atoms with Crippen molar-refractivity contribution in [3.05, 3.63) is 29.2 Å². The molecule has 61 valence electrons. The normalized spacial score (nSPS) is 19.2. The highest BCUT2D eigenvalue weighted by Crippen LogP contribution is 2.36. The Bertz CT molecular complexity index is 221. The van der Waals surface area contributed by atoms with Crippen molar-refractivity contribution in [1.29, 1.82) is 0 Å². The second-order valence-electron chi connectivity index (χ2n) is 4.38. The summed E-state index contributed by atoms with van der Waals surface area (Å²) in [6.45, 7) is 11.1. The fourth-order valence-electron chi connectivity index (χ4n) is 1.61. The van der Waals surface area contributed by atoms with Crippen molar-refractivity contribution in [2.75, 3.05) is 0 Å². The van der Waals surface area contributed by atoms with Gasteiger partial charge in [-0.2, -0.15) is 0 Å². The van der Waals surface area contributed by atoms with Crippen molar-refractivity contribution < 1.29 is 0 Å². The Labute approximate surface area is 70.0 Å². The van der Waals surface area contributed by atoms with E-state index in [4.69, 9.17) is 0 Å². The molecule has 0 aromatic carbocycles. The molecule has 0 amide bonds. The van der Waals surface area contributed by atoms with Gasteiger partial charge in [0.05, 0.1) is 0 Å². The number of rotatable bonds is 0. The third-order valence-electron chi connectivity index (χ3n) is 2.05. The van der Waals surface area contributed by atoms with E-state index in [2.05, 4.69) is 47.1 Å². The Hall–Kier alpha value is -0.520. The van der Waals surface area contributed by atoms with Gasteiger partial charge in [0, 0.05) is 6.42 Å². The molecule has 0 unspecified atom stereocenters. The van der Waals surface area contributed by atoms with Gasteiger partial charge >= 0.3 is 0 Å². The lowest BCUT2D eigenvalue weighted by atomic mass is 9.85. The minimum atomic E-state index is 0.304. The first kappa shape index (κ1) is 8.58. The number of hydrogen-bond acceptors (Lipinski definition) is 0. The van der Waals surface area contributed by atoms with E-state index in [9.17, 15) is 0 Å². The molecule has 0 saturated carbocycles. The molecule has 1 rings (SSSR count). The molecule has 0 saturated heterocycles. The molecule has 11 heavy (non-hydrogen) atoms. The summed E-state index contributed by atoms with van der Waals surface area (Å²) in [5, 5.41) is 0. The average Bonchev–Trinajstić information content (AvgIpc) is 2.08. The Balaban J connectivity index is 2.95. The quantitative estimate of drug-likeness (QED) is 0.494. The molecule has 1 radical (unpaired) electrons. The molecule has 1 aliphatic rings. The highest BCUT2D eigenvalue weighted by molar-refractivity contribution is 5.48. The molecule has 0 heterocycles. The SMILES string of the molecule is CC1=CC(C(C)(C)C)=C(C)[CH]1. The average molecular weight is 149 g/mol. The molecular weight excluding hydrogens is 132 g/mol. The van der Waals surface area contributed by atoms with Gasteiger partial charge in [-0.15, -0.1) is 0 Å². The van der Waals surface area contributed by atoms with Crippen LogP contribution >= 0.6 is 0 Å². The van der Waals surface area contributed by atoms with Crippen molar-refractivity contribution in [2.24, 2.45) is 5.41 Å². The first-order valence-corrected chi connectivity index (χ1v) is 4.15. The van der Waals surface area contributed by atoms with E-state index in [-0.39, 0.29) is 0 Å². The summed E-state index contributed by atoms with van der Waals surface area (Å²) < 4.78 is 0. The first-order chi connectivity index (χ1) is 4.91. The number of allylic oxidation sites excluding steroid dienone is 4. The molecule has 0 fully saturated rings. The fourth-order valence-corrected chi connectivity index (χ4v) is 1.61. The predicted molar refractivity (Wildman–Crippen MR) is 50.2 cm³/mol. The van der Waals surface area contributed by atoms with E-state index in [1.165, 1.54) is 16.7 Å². The van der Waals surface area contributed by atoms with Crippen molar-refractivity contribution in [3.8, 4) is 0 Å². The van der Waals surface area contributed by atoms with Crippen molar-refractivity contribution >= 4 is 0 Å². The summed E-state index contributed by atoms with van der Waals surface area (Å²) >= 11 is 0. The van der Waals surface area contributed by atoms with Crippen molar-refractivity contribution in [1.82, 2.24) is 0 Å². The van der Waals surface area contributed by atoms with Gasteiger partial charge in [0.2, 0.25) is 0 Å². The maximum Gasteiger partial charge on any atom is 0.0114 e. The second kappa shape index (κ2) is 2.51. The monoisotopic (exact) mass is 149 g/mol. The molecule has 0 bridgehead atoms. The molecule has 0 aromatic heterocycles. The highest BCUT2D eigenvalue weighted by Gasteiger charge is 2.21. The molecule has 1 aliphatic carbocycles. The standard InChI is InChI=1S/C11H17/c1-8-6-9(2)10(7-8)11(3,4)5/h6-7H,1-5H3. The van der Waals surface area contributed by atoms with Gasteiger partial charge in [-0.25, -0.2) is 0 Å². The van der Waals surface area contributed by atoms with Crippen LogP contribution in [0.15, 0.2) is 22.8 Å². The van der Waals surface area contributed by atoms with E-state index in [0.717, 1.165) is 0 Å². The third-order valence-corrected chi connectivity index (χ3v) is 2.05. The maximum absolute atomic E-state index is 2.29. The summed E-state index contributed by atoms with van der Waals surface area (Å²) in [5.74, 6) is 0. The molecular formula is C11H17. The van der Waals surface area contributed by atoms with Crippen LogP contribution in [-0.2, 0) is 0 Å². The van der Waals surface area contributed by atoms with Gasteiger partial charge in [0.1, 0.15) is 0 Å². The van der Waals surface area contributed by atoms with E-state index < -0.39 is 0 Å². The van der Waals surface area contributed by atoms with Crippen LogP contribution < -0.4 is 0 Å². The molecule has 0 aliphatic heterocycles. The van der Waals surface area contributed by atoms with Crippen molar-refractivity contribution in [3.63, 3.8) is 0 Å². The predicted octanol–water partition coefficient (Wildman–Crippen LogP) is 3.51. The number of hydrogen-bond donors (Lipinski definition) is 0. The summed E-state index contributed by atoms with van der Waals surface area (Å²) in [4.78, 5) is 0. The molecule has 0 atom stereocenters. The molecule has 0 heteroatoms. The minimum absolute atomic E-state index is 0.304. The lowest BCUT2D eigenvalue weighted by Gasteiger charge is -2.20. The topological polar surface area (TPSA) is 0 Å². The van der Waals surface area contributed by atoms with Crippen LogP contribution in [0, 0.1) is 11.8 Å². The van der Waals surface area contributed by atoms with Crippen molar-refractivity contribution in [2.45, 2.75) is 34.6 Å². The molecule has 0 aromatic rings. The highest BCUT2D eigenvalue weighted by atomic mass is 14.3. The van der Waals surface area contributed by atoms with Crippen LogP contribution in [0.4, 0.5) is 0 Å². The van der Waals surface area contributed by atoms with Gasteiger partial charge in [0.15, 0.2) is 0 Å². The summed E-state index contributed by atoms with van der Waals surface area (Å²) in [6.07, 6.45) is 4.54. The Kier molecular flexibility index (Phi) is 1.96. The molecule has 0 N–H and O–H groups in total. The van der Waals surface area contributed by atoms with Gasteiger partial charge in [-0.3, -0.25) is 0 Å². The van der Waals surface area contributed by atoms with Crippen LogP contribution in [0.5, 0.6) is 0 Å². The zero-order chi connectivity index (χ0) is 8.65. The van der Waals surface area contributed by atoms with Crippen LogP contribution in [0.2, 0.25) is 0 Å². The maximum atomic E-state index is 2.29. The Morgan fingerprint density at radius 2 is 1.64 bits per heavy atom. The molecule has 0 nitrogen and oxygen atoms in total.